The van der Waals surface area contributed by atoms with Gasteiger partial charge in [0.25, 0.3) is 0 Å². The van der Waals surface area contributed by atoms with Crippen LogP contribution in [0.25, 0.3) is 15.7 Å². The first-order valence-corrected chi connectivity index (χ1v) is 8.13. The van der Waals surface area contributed by atoms with Gasteiger partial charge in [-0.15, -0.1) is 27.1 Å². The number of hydrogen-bond donors (Lipinski definition) is 0. The van der Waals surface area contributed by atoms with Gasteiger partial charge in [-0.2, -0.15) is 4.52 Å². The standard InChI is InChI=1S/C14H10N4OS2/c1-2-5-10(6-3-1)20-9-12-15-16-14-18(12)17-13(21-14)11-7-4-8-19-11/h1-8H,9H2. The van der Waals surface area contributed by atoms with E-state index in [0.29, 0.717) is 0 Å². The Labute approximate surface area is 128 Å². The molecular formula is C14H10N4OS2. The van der Waals surface area contributed by atoms with E-state index in [4.69, 9.17) is 4.42 Å². The molecule has 0 unspecified atom stereocenters. The Morgan fingerprint density at radius 2 is 2.00 bits per heavy atom. The van der Waals surface area contributed by atoms with Crippen LogP contribution in [0.15, 0.2) is 58.0 Å². The number of furan rings is 1. The summed E-state index contributed by atoms with van der Waals surface area (Å²) in [5.41, 5.74) is 0. The lowest BCUT2D eigenvalue weighted by Gasteiger charge is -1.98. The third kappa shape index (κ3) is 2.45. The number of hydrogen-bond acceptors (Lipinski definition) is 6. The molecule has 0 aliphatic rings. The molecule has 7 heteroatoms. The summed E-state index contributed by atoms with van der Waals surface area (Å²) in [4.78, 5) is 1.99. The van der Waals surface area contributed by atoms with E-state index in [1.165, 1.54) is 16.2 Å². The van der Waals surface area contributed by atoms with Crippen LogP contribution in [-0.4, -0.2) is 19.8 Å². The summed E-state index contributed by atoms with van der Waals surface area (Å²) in [5, 5.41) is 13.7. The van der Waals surface area contributed by atoms with Gasteiger partial charge in [0.1, 0.15) is 0 Å². The summed E-state index contributed by atoms with van der Waals surface area (Å²) in [6.45, 7) is 0. The first kappa shape index (κ1) is 12.6. The molecule has 3 heterocycles. The Morgan fingerprint density at radius 3 is 2.81 bits per heavy atom. The molecule has 0 saturated heterocycles. The minimum absolute atomic E-state index is 0.729. The summed E-state index contributed by atoms with van der Waals surface area (Å²) >= 11 is 3.19. The number of rotatable bonds is 4. The van der Waals surface area contributed by atoms with Crippen molar-refractivity contribution >= 4 is 28.1 Å². The van der Waals surface area contributed by atoms with Gasteiger partial charge in [-0.05, 0) is 24.3 Å². The lowest BCUT2D eigenvalue weighted by molar-refractivity contribution is 0.580. The van der Waals surface area contributed by atoms with Crippen molar-refractivity contribution in [1.82, 2.24) is 19.8 Å². The zero-order valence-electron chi connectivity index (χ0n) is 10.8. The van der Waals surface area contributed by atoms with Gasteiger partial charge in [-0.3, -0.25) is 0 Å². The zero-order valence-corrected chi connectivity index (χ0v) is 12.5. The van der Waals surface area contributed by atoms with E-state index in [-0.39, 0.29) is 0 Å². The van der Waals surface area contributed by atoms with Crippen molar-refractivity contribution in [2.24, 2.45) is 0 Å². The minimum atomic E-state index is 0.729. The Balaban J connectivity index is 1.61. The molecule has 5 nitrogen and oxygen atoms in total. The van der Waals surface area contributed by atoms with Crippen LogP contribution >= 0.6 is 23.1 Å². The number of benzene rings is 1. The van der Waals surface area contributed by atoms with Gasteiger partial charge >= 0.3 is 0 Å². The molecule has 0 atom stereocenters. The fourth-order valence-electron chi connectivity index (χ4n) is 1.91. The van der Waals surface area contributed by atoms with E-state index < -0.39 is 0 Å². The maximum Gasteiger partial charge on any atom is 0.235 e. The van der Waals surface area contributed by atoms with E-state index in [9.17, 15) is 0 Å². The molecule has 4 aromatic rings. The van der Waals surface area contributed by atoms with Crippen LogP contribution in [0.3, 0.4) is 0 Å². The number of aromatic nitrogens is 4. The third-order valence-corrected chi connectivity index (χ3v) is 4.82. The third-order valence-electron chi connectivity index (χ3n) is 2.90. The normalized spacial score (nSPS) is 11.2. The zero-order chi connectivity index (χ0) is 14.1. The molecule has 0 spiro atoms. The molecule has 0 amide bonds. The quantitative estimate of drug-likeness (QED) is 0.537. The van der Waals surface area contributed by atoms with Crippen LogP contribution in [-0.2, 0) is 5.75 Å². The molecule has 104 valence electrons. The van der Waals surface area contributed by atoms with Gasteiger partial charge in [-0.25, -0.2) is 0 Å². The van der Waals surface area contributed by atoms with Crippen molar-refractivity contribution in [3.05, 3.63) is 54.6 Å². The van der Waals surface area contributed by atoms with Crippen LogP contribution < -0.4 is 0 Å². The lowest BCUT2D eigenvalue weighted by atomic mass is 10.4. The monoisotopic (exact) mass is 314 g/mol. The molecule has 0 aliphatic carbocycles. The molecule has 0 saturated carbocycles. The fraction of sp³-hybridized carbons (Fsp3) is 0.0714. The van der Waals surface area contributed by atoms with E-state index in [2.05, 4.69) is 27.4 Å². The molecule has 0 aliphatic heterocycles. The van der Waals surface area contributed by atoms with Crippen LogP contribution in [0.1, 0.15) is 5.82 Å². The van der Waals surface area contributed by atoms with Crippen LogP contribution in [0, 0.1) is 0 Å². The highest BCUT2D eigenvalue weighted by molar-refractivity contribution is 7.98. The largest absolute Gasteiger partial charge is 0.462 e. The van der Waals surface area contributed by atoms with E-state index in [0.717, 1.165) is 27.3 Å². The van der Waals surface area contributed by atoms with Crippen LogP contribution in [0.4, 0.5) is 0 Å². The van der Waals surface area contributed by atoms with Gasteiger partial charge in [0.05, 0.1) is 12.0 Å². The molecule has 0 fully saturated rings. The van der Waals surface area contributed by atoms with E-state index in [1.54, 1.807) is 22.5 Å². The van der Waals surface area contributed by atoms with Crippen LogP contribution in [0.5, 0.6) is 0 Å². The van der Waals surface area contributed by atoms with Gasteiger partial charge in [0, 0.05) is 4.90 Å². The Bertz CT molecular complexity index is 852. The molecule has 1 aromatic carbocycles. The SMILES string of the molecule is c1ccc(SCc2nnc3sc(-c4ccco4)nn23)cc1. The number of fused-ring (bicyclic) bond motifs is 1. The first-order valence-electron chi connectivity index (χ1n) is 6.33. The molecule has 0 radical (unpaired) electrons. The second kappa shape index (κ2) is 5.34. The average molecular weight is 314 g/mol. The van der Waals surface area contributed by atoms with Crippen molar-refractivity contribution in [2.45, 2.75) is 10.6 Å². The molecule has 0 N–H and O–H groups in total. The molecule has 21 heavy (non-hydrogen) atoms. The first-order chi connectivity index (χ1) is 10.4. The predicted octanol–water partition coefficient (Wildman–Crippen LogP) is 3.74. The van der Waals surface area contributed by atoms with Crippen molar-refractivity contribution in [1.29, 1.82) is 0 Å². The second-order valence-corrected chi connectivity index (χ2v) is 6.30. The van der Waals surface area contributed by atoms with Gasteiger partial charge in [-0.1, -0.05) is 29.5 Å². The van der Waals surface area contributed by atoms with Gasteiger partial charge in [0.2, 0.25) is 4.96 Å². The molecule has 3 aromatic heterocycles. The Kier molecular flexibility index (Phi) is 3.21. The van der Waals surface area contributed by atoms with E-state index in [1.807, 2.05) is 30.3 Å². The van der Waals surface area contributed by atoms with Crippen LogP contribution in [0.2, 0.25) is 0 Å². The number of thioether (sulfide) groups is 1. The summed E-state index contributed by atoms with van der Waals surface area (Å²) < 4.78 is 7.16. The minimum Gasteiger partial charge on any atom is -0.462 e. The average Bonchev–Trinajstić information content (AvgIpc) is 3.23. The Hall–Kier alpha value is -2.12. The van der Waals surface area contributed by atoms with Crippen molar-refractivity contribution in [2.75, 3.05) is 0 Å². The lowest BCUT2D eigenvalue weighted by Crippen LogP contribution is -1.93. The highest BCUT2D eigenvalue weighted by Crippen LogP contribution is 2.27. The molecule has 0 bridgehead atoms. The second-order valence-electron chi connectivity index (χ2n) is 4.30. The molecule has 4 rings (SSSR count). The summed E-state index contributed by atoms with van der Waals surface area (Å²) in [6.07, 6.45) is 1.64. The summed E-state index contributed by atoms with van der Waals surface area (Å²) in [5.74, 6) is 2.33. The van der Waals surface area contributed by atoms with Crippen molar-refractivity contribution in [3.8, 4) is 10.8 Å². The topological polar surface area (TPSA) is 56.2 Å². The maximum atomic E-state index is 5.37. The predicted molar refractivity (Wildman–Crippen MR) is 82.4 cm³/mol. The van der Waals surface area contributed by atoms with Gasteiger partial charge in [0.15, 0.2) is 16.6 Å². The van der Waals surface area contributed by atoms with E-state index >= 15 is 0 Å². The summed E-state index contributed by atoms with van der Waals surface area (Å²) in [7, 11) is 0. The highest BCUT2D eigenvalue weighted by atomic mass is 32.2. The maximum absolute atomic E-state index is 5.37. The molecular weight excluding hydrogens is 304 g/mol. The smallest absolute Gasteiger partial charge is 0.235 e. The number of nitrogens with zero attached hydrogens (tertiary/aromatic N) is 4. The fourth-order valence-corrected chi connectivity index (χ4v) is 3.56. The van der Waals surface area contributed by atoms with Gasteiger partial charge < -0.3 is 4.42 Å². The van der Waals surface area contributed by atoms with Crippen molar-refractivity contribution < 1.29 is 4.42 Å². The highest BCUT2D eigenvalue weighted by Gasteiger charge is 2.14. The van der Waals surface area contributed by atoms with Crippen molar-refractivity contribution in [3.63, 3.8) is 0 Å². The summed E-state index contributed by atoms with van der Waals surface area (Å²) in [6, 6.07) is 14.0. The Morgan fingerprint density at radius 1 is 1.10 bits per heavy atom.